The first-order chi connectivity index (χ1) is 8.70. The van der Waals surface area contributed by atoms with Gasteiger partial charge in [-0.2, -0.15) is 0 Å². The summed E-state index contributed by atoms with van der Waals surface area (Å²) < 4.78 is 17.0. The van der Waals surface area contributed by atoms with Gasteiger partial charge >= 0.3 is 0 Å². The molecule has 6 heteroatoms. The first kappa shape index (κ1) is 15.5. The van der Waals surface area contributed by atoms with Gasteiger partial charge in [-0.05, 0) is 19.3 Å². The quantitative estimate of drug-likeness (QED) is 0.518. The number of alkyl halides is 3. The second kappa shape index (κ2) is 7.79. The molecule has 1 heterocycles. The highest BCUT2D eigenvalue weighted by Gasteiger charge is 2.37. The second-order valence-corrected chi connectivity index (χ2v) is 7.56. The molecule has 1 saturated heterocycles. The van der Waals surface area contributed by atoms with Crippen LogP contribution in [0.2, 0.25) is 0 Å². The maximum atomic E-state index is 5.90. The molecule has 5 unspecified atom stereocenters. The average Bonchev–Trinajstić information content (AvgIpc) is 2.82. The summed E-state index contributed by atoms with van der Waals surface area (Å²) >= 11 is 13.0. The number of ether oxygens (including phenoxy) is 3. The molecule has 3 nitrogen and oxygen atoms in total. The Kier molecular flexibility index (Phi) is 6.72. The molecule has 0 amide bonds. The Morgan fingerprint density at radius 2 is 2.06 bits per heavy atom. The minimum atomic E-state index is -0.0605. The summed E-state index contributed by atoms with van der Waals surface area (Å²) in [6.45, 7) is 1.78. The summed E-state index contributed by atoms with van der Waals surface area (Å²) in [6.07, 6.45) is 3.41. The van der Waals surface area contributed by atoms with Gasteiger partial charge in [0.25, 0.3) is 0 Å². The zero-order chi connectivity index (χ0) is 13.0. The van der Waals surface area contributed by atoms with E-state index in [0.29, 0.717) is 41.3 Å². The zero-order valence-corrected chi connectivity index (χ0v) is 14.1. The summed E-state index contributed by atoms with van der Waals surface area (Å²) in [4.78, 5) is 1.08. The van der Waals surface area contributed by atoms with Crippen molar-refractivity contribution in [2.45, 2.75) is 41.3 Å². The van der Waals surface area contributed by atoms with Gasteiger partial charge in [0.1, 0.15) is 6.10 Å². The van der Waals surface area contributed by atoms with Gasteiger partial charge in [0, 0.05) is 21.5 Å². The van der Waals surface area contributed by atoms with Gasteiger partial charge in [-0.15, -0.1) is 11.6 Å². The molecule has 0 bridgehead atoms. The molecule has 1 aliphatic carbocycles. The molecule has 0 spiro atoms. The summed E-state index contributed by atoms with van der Waals surface area (Å²) in [7, 11) is 0. The Labute approximate surface area is 130 Å². The van der Waals surface area contributed by atoms with Gasteiger partial charge in [0.05, 0.1) is 19.8 Å². The van der Waals surface area contributed by atoms with Crippen LogP contribution < -0.4 is 0 Å². The fourth-order valence-electron chi connectivity index (χ4n) is 2.43. The van der Waals surface area contributed by atoms with Crippen molar-refractivity contribution in [3.05, 3.63) is 0 Å². The second-order valence-electron chi connectivity index (χ2n) is 4.83. The Hall–Kier alpha value is 1.13. The van der Waals surface area contributed by atoms with Crippen molar-refractivity contribution in [2.75, 3.05) is 25.7 Å². The summed E-state index contributed by atoms with van der Waals surface area (Å²) in [5.74, 6) is 1.01. The highest BCUT2D eigenvalue weighted by Crippen LogP contribution is 2.37. The molecule has 106 valence electrons. The third kappa shape index (κ3) is 4.32. The van der Waals surface area contributed by atoms with Gasteiger partial charge < -0.3 is 14.2 Å². The molecule has 2 aliphatic rings. The van der Waals surface area contributed by atoms with E-state index in [1.807, 2.05) is 0 Å². The van der Waals surface area contributed by atoms with E-state index in [9.17, 15) is 0 Å². The van der Waals surface area contributed by atoms with Crippen molar-refractivity contribution >= 4 is 43.5 Å². The minimum absolute atomic E-state index is 0.0605. The lowest BCUT2D eigenvalue weighted by atomic mass is 9.88. The first-order valence-electron chi connectivity index (χ1n) is 6.39. The lowest BCUT2D eigenvalue weighted by Gasteiger charge is -2.32. The predicted octanol–water partition coefficient (Wildman–Crippen LogP) is 3.31. The summed E-state index contributed by atoms with van der Waals surface area (Å²) in [5.41, 5.74) is 0. The number of hydrogen-bond donors (Lipinski definition) is 0. The molecule has 0 radical (unpaired) electrons. The third-order valence-corrected chi connectivity index (χ3v) is 6.39. The van der Waals surface area contributed by atoms with E-state index < -0.39 is 0 Å². The Morgan fingerprint density at radius 1 is 1.22 bits per heavy atom. The van der Waals surface area contributed by atoms with Crippen molar-refractivity contribution in [1.82, 2.24) is 0 Å². The fourth-order valence-corrected chi connectivity index (χ4v) is 3.76. The van der Waals surface area contributed by atoms with Crippen molar-refractivity contribution in [2.24, 2.45) is 5.92 Å². The van der Waals surface area contributed by atoms with Crippen molar-refractivity contribution in [3.8, 4) is 0 Å². The molecule has 0 aromatic rings. The van der Waals surface area contributed by atoms with Crippen LogP contribution in [0.3, 0.4) is 0 Å². The molecular weight excluding hydrogens is 387 g/mol. The topological polar surface area (TPSA) is 27.7 Å². The lowest BCUT2D eigenvalue weighted by molar-refractivity contribution is -0.111. The third-order valence-electron chi connectivity index (χ3n) is 3.42. The SMILES string of the molecule is ClCCOCC1COC(C2CCC(Br)C(Br)C2)O1. The van der Waals surface area contributed by atoms with Crippen LogP contribution in [0.4, 0.5) is 0 Å². The first-order valence-corrected chi connectivity index (χ1v) is 8.76. The van der Waals surface area contributed by atoms with E-state index >= 15 is 0 Å². The average molecular weight is 407 g/mol. The standard InChI is InChI=1S/C12H19Br2ClO3/c13-10-2-1-8(5-11(10)14)12-17-7-9(18-12)6-16-4-3-15/h8-12H,1-7H2. The zero-order valence-electron chi connectivity index (χ0n) is 10.2. The van der Waals surface area contributed by atoms with Gasteiger partial charge in [-0.1, -0.05) is 31.9 Å². The van der Waals surface area contributed by atoms with E-state index in [2.05, 4.69) is 31.9 Å². The van der Waals surface area contributed by atoms with Crippen LogP contribution in [-0.4, -0.2) is 47.7 Å². The Bertz CT molecular complexity index is 257. The number of halogens is 3. The molecule has 2 fully saturated rings. The maximum Gasteiger partial charge on any atom is 0.161 e. The number of hydrogen-bond acceptors (Lipinski definition) is 3. The largest absolute Gasteiger partial charge is 0.377 e. The molecule has 18 heavy (non-hydrogen) atoms. The van der Waals surface area contributed by atoms with Crippen molar-refractivity contribution in [1.29, 1.82) is 0 Å². The molecule has 0 N–H and O–H groups in total. The molecule has 1 aliphatic heterocycles. The maximum absolute atomic E-state index is 5.90. The summed E-state index contributed by atoms with van der Waals surface area (Å²) in [5, 5.41) is 0. The van der Waals surface area contributed by atoms with E-state index in [1.165, 1.54) is 0 Å². The van der Waals surface area contributed by atoms with Crippen LogP contribution in [0.25, 0.3) is 0 Å². The molecule has 5 atom stereocenters. The van der Waals surface area contributed by atoms with Crippen LogP contribution in [-0.2, 0) is 14.2 Å². The van der Waals surface area contributed by atoms with Crippen molar-refractivity contribution < 1.29 is 14.2 Å². The van der Waals surface area contributed by atoms with Crippen LogP contribution in [0.15, 0.2) is 0 Å². The Balaban J connectivity index is 1.71. The predicted molar refractivity (Wildman–Crippen MR) is 78.9 cm³/mol. The van der Waals surface area contributed by atoms with Gasteiger partial charge in [0.2, 0.25) is 0 Å². The minimum Gasteiger partial charge on any atom is -0.377 e. The molecule has 0 aromatic carbocycles. The van der Waals surface area contributed by atoms with Crippen LogP contribution in [0, 0.1) is 5.92 Å². The summed E-state index contributed by atoms with van der Waals surface area (Å²) in [6, 6.07) is 0. The van der Waals surface area contributed by atoms with E-state index in [0.717, 1.165) is 19.3 Å². The van der Waals surface area contributed by atoms with Gasteiger partial charge in [-0.3, -0.25) is 0 Å². The van der Waals surface area contributed by atoms with Gasteiger partial charge in [-0.25, -0.2) is 0 Å². The van der Waals surface area contributed by atoms with E-state index in [1.54, 1.807) is 0 Å². The van der Waals surface area contributed by atoms with E-state index in [4.69, 9.17) is 25.8 Å². The van der Waals surface area contributed by atoms with Crippen LogP contribution in [0.1, 0.15) is 19.3 Å². The fraction of sp³-hybridized carbons (Fsp3) is 1.00. The number of rotatable bonds is 5. The molecular formula is C12H19Br2ClO3. The van der Waals surface area contributed by atoms with Crippen LogP contribution >= 0.6 is 43.5 Å². The highest BCUT2D eigenvalue weighted by molar-refractivity contribution is 9.12. The molecule has 1 saturated carbocycles. The van der Waals surface area contributed by atoms with Crippen molar-refractivity contribution in [3.63, 3.8) is 0 Å². The molecule has 0 aromatic heterocycles. The van der Waals surface area contributed by atoms with E-state index in [-0.39, 0.29) is 12.4 Å². The normalized spacial score (nSPS) is 41.2. The monoisotopic (exact) mass is 404 g/mol. The highest BCUT2D eigenvalue weighted by atomic mass is 79.9. The van der Waals surface area contributed by atoms with Crippen LogP contribution in [0.5, 0.6) is 0 Å². The Morgan fingerprint density at radius 3 is 2.78 bits per heavy atom. The lowest BCUT2D eigenvalue weighted by Crippen LogP contribution is -2.33. The smallest absolute Gasteiger partial charge is 0.161 e. The van der Waals surface area contributed by atoms with Gasteiger partial charge in [0.15, 0.2) is 6.29 Å². The molecule has 2 rings (SSSR count).